The van der Waals surface area contributed by atoms with Crippen LogP contribution in [0.1, 0.15) is 77.6 Å². The number of ether oxygens (including phenoxy) is 2. The van der Waals surface area contributed by atoms with Crippen LogP contribution in [0.2, 0.25) is 0 Å². The highest BCUT2D eigenvalue weighted by Crippen LogP contribution is 2.33. The summed E-state index contributed by atoms with van der Waals surface area (Å²) in [6, 6.07) is 33.4. The number of hydrogen-bond donors (Lipinski definition) is 1. The lowest BCUT2D eigenvalue weighted by Crippen LogP contribution is -2.38. The summed E-state index contributed by atoms with van der Waals surface area (Å²) in [5.74, 6) is 0.463. The van der Waals surface area contributed by atoms with Gasteiger partial charge in [-0.15, -0.1) is 0 Å². The molecule has 0 aliphatic heterocycles. The van der Waals surface area contributed by atoms with E-state index in [4.69, 9.17) is 9.47 Å². The van der Waals surface area contributed by atoms with Crippen molar-refractivity contribution in [2.24, 2.45) is 0 Å². The van der Waals surface area contributed by atoms with Crippen molar-refractivity contribution in [1.29, 1.82) is 0 Å². The number of likely N-dealkylation sites (N-methyl/N-ethyl adjacent to an activating group) is 1. The van der Waals surface area contributed by atoms with Crippen LogP contribution in [0.15, 0.2) is 103 Å². The van der Waals surface area contributed by atoms with Crippen molar-refractivity contribution in [2.45, 2.75) is 64.7 Å². The summed E-state index contributed by atoms with van der Waals surface area (Å²) in [4.78, 5) is 28.5. The second kappa shape index (κ2) is 15.9. The SMILES string of the molecule is CCNCC(=O)N(Cc1ccc(C2CCCCC2)cc1)c1ccc(C(=O)OCc2ccccc2)c(OCc2ccccc2)c1. The van der Waals surface area contributed by atoms with Gasteiger partial charge in [-0.1, -0.05) is 111 Å². The highest BCUT2D eigenvalue weighted by molar-refractivity contribution is 5.97. The van der Waals surface area contributed by atoms with Crippen LogP contribution in [0.25, 0.3) is 0 Å². The molecule has 0 aromatic heterocycles. The number of esters is 1. The third-order valence-electron chi connectivity index (χ3n) is 8.17. The Bertz CT molecular complexity index is 1480. The molecule has 1 saturated carbocycles. The molecule has 1 aliphatic rings. The zero-order valence-corrected chi connectivity index (χ0v) is 25.5. The maximum absolute atomic E-state index is 13.5. The van der Waals surface area contributed by atoms with Gasteiger partial charge in [0.1, 0.15) is 24.5 Å². The molecule has 0 saturated heterocycles. The van der Waals surface area contributed by atoms with Crippen LogP contribution >= 0.6 is 0 Å². The van der Waals surface area contributed by atoms with E-state index in [1.807, 2.05) is 67.6 Å². The van der Waals surface area contributed by atoms with Crippen molar-refractivity contribution in [3.63, 3.8) is 0 Å². The number of anilines is 1. The summed E-state index contributed by atoms with van der Waals surface area (Å²) >= 11 is 0. The molecule has 0 heterocycles. The predicted octanol–water partition coefficient (Wildman–Crippen LogP) is 7.81. The van der Waals surface area contributed by atoms with Crippen molar-refractivity contribution in [3.8, 4) is 5.75 Å². The minimum absolute atomic E-state index is 0.0587. The second-order valence-corrected chi connectivity index (χ2v) is 11.4. The van der Waals surface area contributed by atoms with Gasteiger partial charge in [-0.25, -0.2) is 4.79 Å². The summed E-state index contributed by atoms with van der Waals surface area (Å²) in [5.41, 5.74) is 5.28. The molecule has 5 rings (SSSR count). The van der Waals surface area contributed by atoms with Crippen LogP contribution in [-0.2, 0) is 29.3 Å². The van der Waals surface area contributed by atoms with Gasteiger partial charge in [0.15, 0.2) is 0 Å². The summed E-state index contributed by atoms with van der Waals surface area (Å²) < 4.78 is 11.9. The molecule has 1 N–H and O–H groups in total. The van der Waals surface area contributed by atoms with Crippen LogP contribution in [0, 0.1) is 0 Å². The van der Waals surface area contributed by atoms with Gasteiger partial charge in [0.2, 0.25) is 5.91 Å². The standard InChI is InChI=1S/C38H42N2O4/c1-2-39-25-37(41)40(26-29-18-20-33(21-19-29)32-16-10-5-11-17-32)34-22-23-35(38(42)44-28-31-14-8-4-9-15-31)36(24-34)43-27-30-12-6-3-7-13-30/h3-4,6-9,12-15,18-24,32,39H,2,5,10-11,16-17,25-28H2,1H3. The summed E-state index contributed by atoms with van der Waals surface area (Å²) in [6.07, 6.45) is 6.42. The van der Waals surface area contributed by atoms with E-state index >= 15 is 0 Å². The van der Waals surface area contributed by atoms with Crippen molar-refractivity contribution < 1.29 is 19.1 Å². The Balaban J connectivity index is 1.40. The smallest absolute Gasteiger partial charge is 0.342 e. The van der Waals surface area contributed by atoms with Crippen LogP contribution in [-0.4, -0.2) is 25.0 Å². The van der Waals surface area contributed by atoms with Gasteiger partial charge >= 0.3 is 5.97 Å². The zero-order chi connectivity index (χ0) is 30.6. The molecule has 6 heteroatoms. The molecule has 0 spiro atoms. The summed E-state index contributed by atoms with van der Waals surface area (Å²) in [5, 5.41) is 3.16. The van der Waals surface area contributed by atoms with Gasteiger partial charge in [-0.2, -0.15) is 0 Å². The Morgan fingerprint density at radius 1 is 0.773 bits per heavy atom. The molecule has 0 bridgehead atoms. The molecule has 1 fully saturated rings. The Labute approximate surface area is 261 Å². The molecule has 228 valence electrons. The van der Waals surface area contributed by atoms with E-state index in [9.17, 15) is 9.59 Å². The third-order valence-corrected chi connectivity index (χ3v) is 8.17. The van der Waals surface area contributed by atoms with Crippen LogP contribution < -0.4 is 15.0 Å². The first-order valence-corrected chi connectivity index (χ1v) is 15.7. The number of amides is 1. The Hall–Kier alpha value is -4.42. The maximum Gasteiger partial charge on any atom is 0.342 e. The Morgan fingerprint density at radius 2 is 1.43 bits per heavy atom. The average molecular weight is 591 g/mol. The summed E-state index contributed by atoms with van der Waals surface area (Å²) in [7, 11) is 0. The van der Waals surface area contributed by atoms with E-state index in [1.54, 1.807) is 23.1 Å². The quantitative estimate of drug-likeness (QED) is 0.161. The van der Waals surface area contributed by atoms with Crippen LogP contribution in [0.5, 0.6) is 5.75 Å². The number of rotatable bonds is 13. The molecule has 0 unspecified atom stereocenters. The molecule has 6 nitrogen and oxygen atoms in total. The Kier molecular flexibility index (Phi) is 11.2. The van der Waals surface area contributed by atoms with Crippen molar-refractivity contribution in [2.75, 3.05) is 18.0 Å². The fourth-order valence-electron chi connectivity index (χ4n) is 5.67. The number of carbonyl (C=O) groups excluding carboxylic acids is 2. The largest absolute Gasteiger partial charge is 0.488 e. The minimum Gasteiger partial charge on any atom is -0.488 e. The number of nitrogens with zero attached hydrogens (tertiary/aromatic N) is 1. The van der Waals surface area contributed by atoms with E-state index in [-0.39, 0.29) is 25.7 Å². The first kappa shape index (κ1) is 31.0. The van der Waals surface area contributed by atoms with Crippen molar-refractivity contribution in [1.82, 2.24) is 5.32 Å². The minimum atomic E-state index is -0.479. The van der Waals surface area contributed by atoms with E-state index in [0.717, 1.165) is 16.7 Å². The van der Waals surface area contributed by atoms with Crippen molar-refractivity contribution in [3.05, 3.63) is 131 Å². The van der Waals surface area contributed by atoms with Gasteiger partial charge in [0, 0.05) is 11.8 Å². The van der Waals surface area contributed by atoms with Gasteiger partial charge in [0.05, 0.1) is 13.1 Å². The number of carbonyl (C=O) groups is 2. The van der Waals surface area contributed by atoms with E-state index in [0.29, 0.717) is 36.0 Å². The monoisotopic (exact) mass is 590 g/mol. The molecule has 1 aliphatic carbocycles. The lowest BCUT2D eigenvalue weighted by atomic mass is 9.84. The average Bonchev–Trinajstić information content (AvgIpc) is 3.09. The fraction of sp³-hybridized carbons (Fsp3) is 0.316. The van der Waals surface area contributed by atoms with Gasteiger partial charge in [-0.05, 0) is 59.7 Å². The first-order valence-electron chi connectivity index (χ1n) is 15.7. The predicted molar refractivity (Wildman–Crippen MR) is 175 cm³/mol. The highest BCUT2D eigenvalue weighted by Gasteiger charge is 2.22. The van der Waals surface area contributed by atoms with Crippen molar-refractivity contribution >= 4 is 17.6 Å². The van der Waals surface area contributed by atoms with Crippen LogP contribution in [0.4, 0.5) is 5.69 Å². The summed E-state index contributed by atoms with van der Waals surface area (Å²) in [6.45, 7) is 3.71. The maximum atomic E-state index is 13.5. The van der Waals surface area contributed by atoms with Crippen LogP contribution in [0.3, 0.4) is 0 Å². The van der Waals surface area contributed by atoms with Gasteiger partial charge in [0.25, 0.3) is 0 Å². The number of nitrogens with one attached hydrogen (secondary N) is 1. The van der Waals surface area contributed by atoms with E-state index < -0.39 is 5.97 Å². The Morgan fingerprint density at radius 3 is 2.09 bits per heavy atom. The molecule has 0 atom stereocenters. The van der Waals surface area contributed by atoms with Gasteiger partial charge < -0.3 is 19.7 Å². The normalized spacial score (nSPS) is 13.3. The van der Waals surface area contributed by atoms with E-state index in [1.165, 1.54) is 37.7 Å². The highest BCUT2D eigenvalue weighted by atomic mass is 16.5. The molecule has 44 heavy (non-hydrogen) atoms. The number of hydrogen-bond acceptors (Lipinski definition) is 5. The zero-order valence-electron chi connectivity index (χ0n) is 25.5. The molecule has 4 aromatic carbocycles. The first-order chi connectivity index (χ1) is 21.6. The number of benzene rings is 4. The topological polar surface area (TPSA) is 67.9 Å². The molecule has 1 amide bonds. The molecular weight excluding hydrogens is 548 g/mol. The lowest BCUT2D eigenvalue weighted by molar-refractivity contribution is -0.117. The van der Waals surface area contributed by atoms with E-state index in [2.05, 4.69) is 29.6 Å². The molecule has 4 aromatic rings. The lowest BCUT2D eigenvalue weighted by Gasteiger charge is -2.25. The molecule has 0 radical (unpaired) electrons. The fourth-order valence-corrected chi connectivity index (χ4v) is 5.67. The second-order valence-electron chi connectivity index (χ2n) is 11.4. The van der Waals surface area contributed by atoms with Gasteiger partial charge in [-0.3, -0.25) is 4.79 Å². The third kappa shape index (κ3) is 8.57. The molecular formula is C38H42N2O4.